The van der Waals surface area contributed by atoms with Crippen LogP contribution in [0, 0.1) is 0 Å². The molecule has 0 unspecified atom stereocenters. The molecular weight excluding hydrogens is 214 g/mol. The van der Waals surface area contributed by atoms with Crippen LogP contribution in [0.2, 0.25) is 0 Å². The number of methoxy groups -OCH3 is 1. The normalized spacial score (nSPS) is 10.7. The highest BCUT2D eigenvalue weighted by Crippen LogP contribution is 2.05. The van der Waals surface area contributed by atoms with E-state index in [0.29, 0.717) is 5.78 Å². The first-order valence-corrected chi connectivity index (χ1v) is 6.96. The number of carbonyl (C=O) groups is 1. The summed E-state index contributed by atoms with van der Waals surface area (Å²) in [6.07, 6.45) is 9.18. The highest BCUT2D eigenvalue weighted by atomic mass is 16.5. The van der Waals surface area contributed by atoms with Gasteiger partial charge in [0.2, 0.25) is 0 Å². The minimum absolute atomic E-state index is 0.322. The minimum Gasteiger partial charge on any atom is -0.385 e. The van der Waals surface area contributed by atoms with Crippen molar-refractivity contribution in [2.24, 2.45) is 0 Å². The molecule has 0 aliphatic carbocycles. The van der Waals surface area contributed by atoms with Crippen molar-refractivity contribution in [3.63, 3.8) is 0 Å². The molecule has 0 aliphatic heterocycles. The van der Waals surface area contributed by atoms with E-state index in [-0.39, 0.29) is 0 Å². The predicted octanol–water partition coefficient (Wildman–Crippen LogP) is 2.93. The van der Waals surface area contributed by atoms with Gasteiger partial charge < -0.3 is 14.8 Å². The van der Waals surface area contributed by atoms with E-state index in [1.54, 1.807) is 14.0 Å². The van der Waals surface area contributed by atoms with Crippen LogP contribution in [-0.2, 0) is 9.53 Å². The number of Topliss-reactive ketones (excluding diaryl/α,β-unsaturated/α-hetero) is 1. The van der Waals surface area contributed by atoms with Crippen molar-refractivity contribution in [1.29, 1.82) is 0 Å². The lowest BCUT2D eigenvalue weighted by atomic mass is 10.1. The van der Waals surface area contributed by atoms with Crippen molar-refractivity contribution < 1.29 is 9.53 Å². The smallest absolute Gasteiger partial charge is 0.129 e. The maximum Gasteiger partial charge on any atom is 0.129 e. The van der Waals surface area contributed by atoms with Gasteiger partial charge in [0.25, 0.3) is 0 Å². The number of carbonyl (C=O) groups excluding carboxylic acids is 1. The zero-order valence-electron chi connectivity index (χ0n) is 11.6. The van der Waals surface area contributed by atoms with Gasteiger partial charge >= 0.3 is 0 Å². The second-order valence-corrected chi connectivity index (χ2v) is 4.67. The molecule has 102 valence electrons. The van der Waals surface area contributed by atoms with Gasteiger partial charge in [-0.25, -0.2) is 0 Å². The number of ketones is 1. The van der Waals surface area contributed by atoms with Crippen LogP contribution in [0.15, 0.2) is 0 Å². The van der Waals surface area contributed by atoms with Gasteiger partial charge in [0.1, 0.15) is 5.78 Å². The predicted molar refractivity (Wildman–Crippen MR) is 72.4 cm³/mol. The zero-order valence-corrected chi connectivity index (χ0v) is 11.6. The molecule has 0 bridgehead atoms. The number of nitrogens with one attached hydrogen (secondary N) is 1. The third-order valence-electron chi connectivity index (χ3n) is 2.83. The van der Waals surface area contributed by atoms with Gasteiger partial charge in [-0.15, -0.1) is 0 Å². The molecule has 0 saturated carbocycles. The fraction of sp³-hybridized carbons (Fsp3) is 0.929. The van der Waals surface area contributed by atoms with E-state index in [4.69, 9.17) is 4.74 Å². The molecule has 0 aliphatic rings. The second-order valence-electron chi connectivity index (χ2n) is 4.67. The SMILES string of the molecule is COCCCCNCCCCCCCC(C)=O. The minimum atomic E-state index is 0.322. The quantitative estimate of drug-likeness (QED) is 0.505. The van der Waals surface area contributed by atoms with Crippen LogP contribution in [0.4, 0.5) is 0 Å². The molecule has 0 radical (unpaired) electrons. The molecule has 0 aromatic carbocycles. The van der Waals surface area contributed by atoms with Crippen LogP contribution in [0.1, 0.15) is 58.3 Å². The van der Waals surface area contributed by atoms with Gasteiger partial charge in [-0.3, -0.25) is 0 Å². The standard InChI is InChI=1S/C14H29NO2/c1-14(16)10-6-4-3-5-7-11-15-12-8-9-13-17-2/h15H,3-13H2,1-2H3. The number of unbranched alkanes of at least 4 members (excludes halogenated alkanes) is 5. The molecule has 0 rings (SSSR count). The maximum absolute atomic E-state index is 10.7. The molecule has 3 heteroatoms. The van der Waals surface area contributed by atoms with Crippen LogP contribution < -0.4 is 5.32 Å². The fourth-order valence-corrected chi connectivity index (χ4v) is 1.78. The van der Waals surface area contributed by atoms with Gasteiger partial charge in [0.15, 0.2) is 0 Å². The topological polar surface area (TPSA) is 38.3 Å². The lowest BCUT2D eigenvalue weighted by Crippen LogP contribution is -2.16. The van der Waals surface area contributed by atoms with Crippen molar-refractivity contribution in [2.45, 2.75) is 58.3 Å². The van der Waals surface area contributed by atoms with E-state index in [1.165, 1.54) is 32.1 Å². The first-order valence-electron chi connectivity index (χ1n) is 6.96. The summed E-state index contributed by atoms with van der Waals surface area (Å²) in [7, 11) is 1.75. The average molecular weight is 243 g/mol. The Bertz CT molecular complexity index is 172. The summed E-state index contributed by atoms with van der Waals surface area (Å²) in [6.45, 7) is 4.78. The highest BCUT2D eigenvalue weighted by molar-refractivity contribution is 5.75. The summed E-state index contributed by atoms with van der Waals surface area (Å²) in [5.74, 6) is 0.322. The molecule has 0 saturated heterocycles. The Balaban J connectivity index is 2.91. The second kappa shape index (κ2) is 13.7. The molecule has 17 heavy (non-hydrogen) atoms. The molecule has 3 nitrogen and oxygen atoms in total. The van der Waals surface area contributed by atoms with Crippen LogP contribution in [-0.4, -0.2) is 32.6 Å². The fourth-order valence-electron chi connectivity index (χ4n) is 1.78. The molecular formula is C14H29NO2. The summed E-state index contributed by atoms with van der Waals surface area (Å²) in [5.41, 5.74) is 0. The first kappa shape index (κ1) is 16.6. The van der Waals surface area contributed by atoms with E-state index >= 15 is 0 Å². The zero-order chi connectivity index (χ0) is 12.8. The van der Waals surface area contributed by atoms with Gasteiger partial charge in [-0.05, 0) is 45.7 Å². The lowest BCUT2D eigenvalue weighted by Gasteiger charge is -2.04. The van der Waals surface area contributed by atoms with E-state index in [9.17, 15) is 4.79 Å². The van der Waals surface area contributed by atoms with Gasteiger partial charge in [-0.2, -0.15) is 0 Å². The van der Waals surface area contributed by atoms with Gasteiger partial charge in [0.05, 0.1) is 0 Å². The van der Waals surface area contributed by atoms with Gasteiger partial charge in [0, 0.05) is 20.1 Å². The molecule has 0 fully saturated rings. The monoisotopic (exact) mass is 243 g/mol. The van der Waals surface area contributed by atoms with Crippen molar-refractivity contribution in [1.82, 2.24) is 5.32 Å². The largest absolute Gasteiger partial charge is 0.385 e. The van der Waals surface area contributed by atoms with Crippen LogP contribution >= 0.6 is 0 Å². The molecule has 0 atom stereocenters. The molecule has 0 spiro atoms. The molecule has 0 heterocycles. The Morgan fingerprint density at radius 3 is 2.18 bits per heavy atom. The highest BCUT2D eigenvalue weighted by Gasteiger charge is 1.94. The summed E-state index contributed by atoms with van der Waals surface area (Å²) in [4.78, 5) is 10.7. The molecule has 0 aromatic rings. The number of rotatable bonds is 13. The Morgan fingerprint density at radius 2 is 1.53 bits per heavy atom. The Hall–Kier alpha value is -0.410. The van der Waals surface area contributed by atoms with E-state index in [1.807, 2.05) is 0 Å². The Morgan fingerprint density at radius 1 is 0.941 bits per heavy atom. The van der Waals surface area contributed by atoms with Crippen molar-refractivity contribution in [3.8, 4) is 0 Å². The van der Waals surface area contributed by atoms with Crippen LogP contribution in [0.25, 0.3) is 0 Å². The van der Waals surface area contributed by atoms with Crippen molar-refractivity contribution in [2.75, 3.05) is 26.8 Å². The van der Waals surface area contributed by atoms with Crippen molar-refractivity contribution >= 4 is 5.78 Å². The summed E-state index contributed by atoms with van der Waals surface area (Å²) >= 11 is 0. The Kier molecular flexibility index (Phi) is 13.3. The molecule has 0 amide bonds. The summed E-state index contributed by atoms with van der Waals surface area (Å²) in [5, 5.41) is 3.44. The van der Waals surface area contributed by atoms with E-state index < -0.39 is 0 Å². The van der Waals surface area contributed by atoms with E-state index in [0.717, 1.165) is 39.0 Å². The average Bonchev–Trinajstić information content (AvgIpc) is 2.30. The first-order chi connectivity index (χ1) is 8.27. The van der Waals surface area contributed by atoms with E-state index in [2.05, 4.69) is 5.32 Å². The Labute approximate surface area is 106 Å². The summed E-state index contributed by atoms with van der Waals surface area (Å²) < 4.78 is 4.99. The number of ether oxygens (including phenoxy) is 1. The maximum atomic E-state index is 10.7. The van der Waals surface area contributed by atoms with Gasteiger partial charge in [-0.1, -0.05) is 19.3 Å². The third kappa shape index (κ3) is 15.6. The third-order valence-corrected chi connectivity index (χ3v) is 2.83. The van der Waals surface area contributed by atoms with Crippen LogP contribution in [0.3, 0.4) is 0 Å². The number of hydrogen-bond acceptors (Lipinski definition) is 3. The lowest BCUT2D eigenvalue weighted by molar-refractivity contribution is -0.117. The number of hydrogen-bond donors (Lipinski definition) is 1. The van der Waals surface area contributed by atoms with Crippen molar-refractivity contribution in [3.05, 3.63) is 0 Å². The van der Waals surface area contributed by atoms with Crippen LogP contribution in [0.5, 0.6) is 0 Å². The molecule has 1 N–H and O–H groups in total. The summed E-state index contributed by atoms with van der Waals surface area (Å²) in [6, 6.07) is 0. The molecule has 0 aromatic heterocycles.